The predicted molar refractivity (Wildman–Crippen MR) is 61.8 cm³/mol. The van der Waals surface area contributed by atoms with Crippen LogP contribution >= 0.6 is 0 Å². The van der Waals surface area contributed by atoms with Gasteiger partial charge < -0.3 is 11.1 Å². The molecular formula is C11H19N3O3. The molecule has 3 amide bonds. The molecule has 0 aromatic heterocycles. The summed E-state index contributed by atoms with van der Waals surface area (Å²) in [5.41, 5.74) is 5.62. The maximum absolute atomic E-state index is 11.4. The van der Waals surface area contributed by atoms with Crippen molar-refractivity contribution in [2.45, 2.75) is 38.6 Å². The number of likely N-dealkylation sites (tertiary alicyclic amines) is 1. The molecule has 6 nitrogen and oxygen atoms in total. The third-order valence-corrected chi connectivity index (χ3v) is 2.73. The average Bonchev–Trinajstić information content (AvgIpc) is 2.60. The molecule has 0 aromatic rings. The number of imide groups is 1. The summed E-state index contributed by atoms with van der Waals surface area (Å²) in [7, 11) is 0. The zero-order valence-corrected chi connectivity index (χ0v) is 10.1. The molecule has 1 atom stereocenters. The van der Waals surface area contributed by atoms with E-state index in [0.29, 0.717) is 6.42 Å². The normalized spacial score (nSPS) is 17.4. The molecule has 1 saturated heterocycles. The SMILES string of the molecule is CCCC(N)C(=O)NCCN1C(=O)CCC1=O. The second-order valence-corrected chi connectivity index (χ2v) is 4.13. The van der Waals surface area contributed by atoms with Gasteiger partial charge in [-0.1, -0.05) is 13.3 Å². The van der Waals surface area contributed by atoms with E-state index in [1.807, 2.05) is 6.92 Å². The monoisotopic (exact) mass is 241 g/mol. The summed E-state index contributed by atoms with van der Waals surface area (Å²) in [6, 6.07) is -0.509. The first kappa shape index (κ1) is 13.6. The lowest BCUT2D eigenvalue weighted by atomic mass is 10.2. The Morgan fingerprint density at radius 3 is 2.53 bits per heavy atom. The van der Waals surface area contributed by atoms with Gasteiger partial charge in [-0.3, -0.25) is 19.3 Å². The highest BCUT2D eigenvalue weighted by molar-refractivity contribution is 6.01. The van der Waals surface area contributed by atoms with Crippen molar-refractivity contribution >= 4 is 17.7 Å². The molecule has 1 aliphatic heterocycles. The maximum Gasteiger partial charge on any atom is 0.236 e. The van der Waals surface area contributed by atoms with E-state index in [1.165, 1.54) is 4.90 Å². The van der Waals surface area contributed by atoms with Gasteiger partial charge in [0.2, 0.25) is 17.7 Å². The molecule has 1 fully saturated rings. The third kappa shape index (κ3) is 3.81. The van der Waals surface area contributed by atoms with E-state index in [4.69, 9.17) is 5.73 Å². The summed E-state index contributed by atoms with van der Waals surface area (Å²) in [6.07, 6.45) is 2.04. The molecule has 17 heavy (non-hydrogen) atoms. The lowest BCUT2D eigenvalue weighted by Gasteiger charge is -2.15. The van der Waals surface area contributed by atoms with Gasteiger partial charge in [-0.2, -0.15) is 0 Å². The molecule has 0 saturated carbocycles. The van der Waals surface area contributed by atoms with Crippen LogP contribution in [0.1, 0.15) is 32.6 Å². The van der Waals surface area contributed by atoms with Crippen molar-refractivity contribution in [2.24, 2.45) is 5.73 Å². The van der Waals surface area contributed by atoms with Crippen LogP contribution < -0.4 is 11.1 Å². The molecule has 0 spiro atoms. The minimum absolute atomic E-state index is 0.165. The lowest BCUT2D eigenvalue weighted by molar-refractivity contribution is -0.138. The van der Waals surface area contributed by atoms with Gasteiger partial charge in [-0.25, -0.2) is 0 Å². The molecule has 1 unspecified atom stereocenters. The van der Waals surface area contributed by atoms with Crippen LogP contribution in [0, 0.1) is 0 Å². The van der Waals surface area contributed by atoms with Gasteiger partial charge in [0.1, 0.15) is 0 Å². The summed E-state index contributed by atoms with van der Waals surface area (Å²) in [4.78, 5) is 35.2. The Kier molecular flexibility index (Phi) is 5.09. The Hall–Kier alpha value is -1.43. The number of nitrogens with zero attached hydrogens (tertiary/aromatic N) is 1. The number of hydrogen-bond acceptors (Lipinski definition) is 4. The zero-order valence-electron chi connectivity index (χ0n) is 10.1. The van der Waals surface area contributed by atoms with Crippen molar-refractivity contribution in [3.63, 3.8) is 0 Å². The molecule has 1 rings (SSSR count). The topological polar surface area (TPSA) is 92.5 Å². The van der Waals surface area contributed by atoms with Crippen LogP contribution in [0.25, 0.3) is 0 Å². The van der Waals surface area contributed by atoms with Crippen LogP contribution in [-0.4, -0.2) is 41.8 Å². The van der Waals surface area contributed by atoms with E-state index in [0.717, 1.165) is 6.42 Å². The van der Waals surface area contributed by atoms with E-state index >= 15 is 0 Å². The Labute approximate surface area is 101 Å². The second-order valence-electron chi connectivity index (χ2n) is 4.13. The van der Waals surface area contributed by atoms with Crippen LogP contribution in [-0.2, 0) is 14.4 Å². The van der Waals surface area contributed by atoms with Crippen molar-refractivity contribution in [3.05, 3.63) is 0 Å². The number of nitrogens with two attached hydrogens (primary N) is 1. The van der Waals surface area contributed by atoms with Gasteiger partial charge in [0.15, 0.2) is 0 Å². The summed E-state index contributed by atoms with van der Waals surface area (Å²) in [5, 5.41) is 2.63. The van der Waals surface area contributed by atoms with Crippen LogP contribution in [0.4, 0.5) is 0 Å². The molecule has 0 aliphatic carbocycles. The van der Waals surface area contributed by atoms with Crippen molar-refractivity contribution in [2.75, 3.05) is 13.1 Å². The number of carbonyl (C=O) groups is 3. The van der Waals surface area contributed by atoms with Crippen molar-refractivity contribution in [3.8, 4) is 0 Å². The molecule has 0 radical (unpaired) electrons. The summed E-state index contributed by atoms with van der Waals surface area (Å²) in [6.45, 7) is 2.46. The first-order valence-electron chi connectivity index (χ1n) is 5.92. The smallest absolute Gasteiger partial charge is 0.236 e. The van der Waals surface area contributed by atoms with E-state index in [9.17, 15) is 14.4 Å². The summed E-state index contributed by atoms with van der Waals surface area (Å²) < 4.78 is 0. The quantitative estimate of drug-likeness (QED) is 0.606. The van der Waals surface area contributed by atoms with Gasteiger partial charge in [0, 0.05) is 25.9 Å². The summed E-state index contributed by atoms with van der Waals surface area (Å²) >= 11 is 0. The van der Waals surface area contributed by atoms with Gasteiger partial charge >= 0.3 is 0 Å². The molecule has 96 valence electrons. The maximum atomic E-state index is 11.4. The fourth-order valence-corrected chi connectivity index (χ4v) is 1.74. The van der Waals surface area contributed by atoms with E-state index in [1.54, 1.807) is 0 Å². The molecule has 6 heteroatoms. The zero-order chi connectivity index (χ0) is 12.8. The Balaban J connectivity index is 2.25. The standard InChI is InChI=1S/C11H19N3O3/c1-2-3-8(12)11(17)13-6-7-14-9(15)4-5-10(14)16/h8H,2-7,12H2,1H3,(H,13,17). The fraction of sp³-hybridized carbons (Fsp3) is 0.727. The predicted octanol–water partition coefficient (Wildman–Crippen LogP) is -0.621. The van der Waals surface area contributed by atoms with Gasteiger partial charge in [0.25, 0.3) is 0 Å². The highest BCUT2D eigenvalue weighted by Gasteiger charge is 2.28. The Morgan fingerprint density at radius 1 is 1.41 bits per heavy atom. The van der Waals surface area contributed by atoms with Crippen LogP contribution in [0.15, 0.2) is 0 Å². The van der Waals surface area contributed by atoms with Crippen molar-refractivity contribution < 1.29 is 14.4 Å². The third-order valence-electron chi connectivity index (χ3n) is 2.73. The first-order chi connectivity index (χ1) is 8.06. The van der Waals surface area contributed by atoms with E-state index < -0.39 is 6.04 Å². The summed E-state index contributed by atoms with van der Waals surface area (Å²) in [5.74, 6) is -0.560. The molecule has 3 N–H and O–H groups in total. The van der Waals surface area contributed by atoms with Crippen LogP contribution in [0.2, 0.25) is 0 Å². The molecule has 0 bridgehead atoms. The van der Waals surface area contributed by atoms with Crippen molar-refractivity contribution in [1.82, 2.24) is 10.2 Å². The Bertz CT molecular complexity index is 301. The highest BCUT2D eigenvalue weighted by Crippen LogP contribution is 2.10. The van der Waals surface area contributed by atoms with Crippen LogP contribution in [0.5, 0.6) is 0 Å². The van der Waals surface area contributed by atoms with Gasteiger partial charge in [-0.15, -0.1) is 0 Å². The van der Waals surface area contributed by atoms with E-state index in [2.05, 4.69) is 5.32 Å². The molecule has 0 aromatic carbocycles. The number of nitrogens with one attached hydrogen (secondary N) is 1. The highest BCUT2D eigenvalue weighted by atomic mass is 16.2. The number of carbonyl (C=O) groups excluding carboxylic acids is 3. The van der Waals surface area contributed by atoms with Crippen LogP contribution in [0.3, 0.4) is 0 Å². The van der Waals surface area contributed by atoms with Gasteiger partial charge in [0.05, 0.1) is 6.04 Å². The Morgan fingerprint density at radius 2 is 2.00 bits per heavy atom. The number of amides is 3. The largest absolute Gasteiger partial charge is 0.353 e. The molecule has 1 aliphatic rings. The molecule has 1 heterocycles. The first-order valence-corrected chi connectivity index (χ1v) is 5.92. The van der Waals surface area contributed by atoms with Gasteiger partial charge in [-0.05, 0) is 6.42 Å². The lowest BCUT2D eigenvalue weighted by Crippen LogP contribution is -2.44. The fourth-order valence-electron chi connectivity index (χ4n) is 1.74. The number of hydrogen-bond donors (Lipinski definition) is 2. The second kappa shape index (κ2) is 6.34. The minimum atomic E-state index is -0.509. The van der Waals surface area contributed by atoms with Crippen molar-refractivity contribution in [1.29, 1.82) is 0 Å². The number of rotatable bonds is 6. The van der Waals surface area contributed by atoms with E-state index in [-0.39, 0.29) is 43.7 Å². The minimum Gasteiger partial charge on any atom is -0.353 e. The average molecular weight is 241 g/mol. The molecular weight excluding hydrogens is 222 g/mol.